The molecule has 0 atom stereocenters. The van der Waals surface area contributed by atoms with E-state index in [-0.39, 0.29) is 0 Å². The van der Waals surface area contributed by atoms with Gasteiger partial charge in [0.15, 0.2) is 0 Å². The molecule has 0 aliphatic rings. The number of hydrogen-bond donors (Lipinski definition) is 1. The highest BCUT2D eigenvalue weighted by atomic mass is 16.5. The van der Waals surface area contributed by atoms with Crippen LogP contribution in [0, 0.1) is 11.8 Å². The fourth-order valence-electron chi connectivity index (χ4n) is 1.04. The van der Waals surface area contributed by atoms with Gasteiger partial charge in [0.1, 0.15) is 5.75 Å². The van der Waals surface area contributed by atoms with Crippen molar-refractivity contribution < 1.29 is 19.4 Å². The second-order valence-corrected chi connectivity index (χ2v) is 3.03. The van der Waals surface area contributed by atoms with Crippen LogP contribution >= 0.6 is 0 Å². The summed E-state index contributed by atoms with van der Waals surface area (Å²) >= 11 is 0. The van der Waals surface area contributed by atoms with Crippen LogP contribution in [0.5, 0.6) is 5.75 Å². The molecule has 1 aromatic rings. The van der Waals surface area contributed by atoms with Crippen LogP contribution in [0.15, 0.2) is 30.3 Å². The summed E-state index contributed by atoms with van der Waals surface area (Å²) in [5.74, 6) is 2.57. The van der Waals surface area contributed by atoms with E-state index in [9.17, 15) is 9.59 Å². The lowest BCUT2D eigenvalue weighted by atomic mass is 10.2. The molecule has 1 rings (SSSR count). The third-order valence-electron chi connectivity index (χ3n) is 1.84. The first-order valence-corrected chi connectivity index (χ1v) is 4.73. The Bertz CT molecular complexity index is 500. The van der Waals surface area contributed by atoms with E-state index >= 15 is 0 Å². The van der Waals surface area contributed by atoms with Crippen molar-refractivity contribution in [2.24, 2.45) is 0 Å². The summed E-state index contributed by atoms with van der Waals surface area (Å²) in [6.45, 7) is 0. The maximum absolute atomic E-state index is 11.1. The van der Waals surface area contributed by atoms with E-state index in [1.807, 2.05) is 5.92 Å². The summed E-state index contributed by atoms with van der Waals surface area (Å²) in [6, 6.07) is 7.06. The van der Waals surface area contributed by atoms with Gasteiger partial charge < -0.3 is 9.84 Å². The standard InChI is InChI=1S/C13H10O4/c1-17-12-7-3-10(4-8-12)2-5-11(14)6-9-13(15)16/h2-5,7-8H,1H3,(H,15,16)/b5-2+. The molecule has 86 valence electrons. The van der Waals surface area contributed by atoms with E-state index in [1.54, 1.807) is 43.4 Å². The lowest BCUT2D eigenvalue weighted by molar-refractivity contribution is -0.130. The molecule has 0 radical (unpaired) electrons. The minimum atomic E-state index is -1.32. The molecule has 0 aliphatic heterocycles. The minimum absolute atomic E-state index is 0.553. The molecule has 4 heteroatoms. The normalized spacial score (nSPS) is 9.47. The van der Waals surface area contributed by atoms with Gasteiger partial charge in [0.2, 0.25) is 5.78 Å². The van der Waals surface area contributed by atoms with Gasteiger partial charge in [-0.2, -0.15) is 0 Å². The molecule has 17 heavy (non-hydrogen) atoms. The average Bonchev–Trinajstić information content (AvgIpc) is 2.34. The topological polar surface area (TPSA) is 63.6 Å². The van der Waals surface area contributed by atoms with Crippen LogP contribution in [0.3, 0.4) is 0 Å². The second kappa shape index (κ2) is 6.13. The van der Waals surface area contributed by atoms with Crippen LogP contribution in [0.2, 0.25) is 0 Å². The number of carbonyl (C=O) groups excluding carboxylic acids is 1. The van der Waals surface area contributed by atoms with Crippen LogP contribution < -0.4 is 4.74 Å². The van der Waals surface area contributed by atoms with Gasteiger partial charge in [-0.25, -0.2) is 4.79 Å². The average molecular weight is 230 g/mol. The van der Waals surface area contributed by atoms with Crippen LogP contribution in [0.1, 0.15) is 5.56 Å². The van der Waals surface area contributed by atoms with Crippen molar-refractivity contribution in [2.45, 2.75) is 0 Å². The Hall–Kier alpha value is -2.54. The van der Waals surface area contributed by atoms with E-state index < -0.39 is 11.8 Å². The van der Waals surface area contributed by atoms with Crippen molar-refractivity contribution in [3.8, 4) is 17.6 Å². The van der Waals surface area contributed by atoms with Crippen LogP contribution in [0.25, 0.3) is 6.08 Å². The number of carbonyl (C=O) groups is 2. The number of benzene rings is 1. The van der Waals surface area contributed by atoms with Crippen molar-refractivity contribution in [1.29, 1.82) is 0 Å². The zero-order valence-corrected chi connectivity index (χ0v) is 9.14. The van der Waals surface area contributed by atoms with E-state index in [2.05, 4.69) is 0 Å². The predicted octanol–water partition coefficient (Wildman–Crippen LogP) is 1.37. The number of methoxy groups -OCH3 is 1. The third-order valence-corrected chi connectivity index (χ3v) is 1.84. The van der Waals surface area contributed by atoms with Crippen molar-refractivity contribution in [2.75, 3.05) is 7.11 Å². The van der Waals surface area contributed by atoms with Gasteiger partial charge in [-0.1, -0.05) is 18.2 Å². The molecular weight excluding hydrogens is 220 g/mol. The molecule has 0 saturated carbocycles. The molecule has 0 heterocycles. The molecule has 0 spiro atoms. The zero-order valence-electron chi connectivity index (χ0n) is 9.14. The highest BCUT2D eigenvalue weighted by molar-refractivity contribution is 6.09. The summed E-state index contributed by atoms with van der Waals surface area (Å²) in [4.78, 5) is 21.2. The fraction of sp³-hybridized carbons (Fsp3) is 0.0769. The Morgan fingerprint density at radius 2 is 1.88 bits per heavy atom. The Labute approximate surface area is 98.5 Å². The maximum atomic E-state index is 11.1. The number of ether oxygens (including phenoxy) is 1. The van der Waals surface area contributed by atoms with Crippen molar-refractivity contribution >= 4 is 17.8 Å². The van der Waals surface area contributed by atoms with Gasteiger partial charge in [0.25, 0.3) is 0 Å². The molecule has 0 aromatic heterocycles. The first-order chi connectivity index (χ1) is 8.11. The molecule has 0 unspecified atom stereocenters. The Morgan fingerprint density at radius 3 is 2.41 bits per heavy atom. The van der Waals surface area contributed by atoms with Gasteiger partial charge in [-0.05, 0) is 29.7 Å². The Balaban J connectivity index is 2.68. The molecular formula is C13H10O4. The van der Waals surface area contributed by atoms with Crippen LogP contribution in [-0.2, 0) is 9.59 Å². The van der Waals surface area contributed by atoms with Crippen molar-refractivity contribution in [3.05, 3.63) is 35.9 Å². The van der Waals surface area contributed by atoms with Gasteiger partial charge in [0, 0.05) is 5.92 Å². The van der Waals surface area contributed by atoms with Gasteiger partial charge in [-0.3, -0.25) is 4.79 Å². The summed E-state index contributed by atoms with van der Waals surface area (Å²) in [6.07, 6.45) is 2.77. The molecule has 0 aliphatic carbocycles. The fourth-order valence-corrected chi connectivity index (χ4v) is 1.04. The number of carboxylic acid groups (broad SMARTS) is 1. The first kappa shape index (κ1) is 12.5. The number of rotatable bonds is 3. The quantitative estimate of drug-likeness (QED) is 0.484. The van der Waals surface area contributed by atoms with E-state index in [1.165, 1.54) is 6.08 Å². The third kappa shape index (κ3) is 4.67. The predicted molar refractivity (Wildman–Crippen MR) is 62.4 cm³/mol. The second-order valence-electron chi connectivity index (χ2n) is 3.03. The Kier molecular flexibility index (Phi) is 4.52. The smallest absolute Gasteiger partial charge is 0.382 e. The SMILES string of the molecule is COc1ccc(/C=C/C(=O)C#CC(=O)O)cc1. The van der Waals surface area contributed by atoms with Gasteiger partial charge in [0.05, 0.1) is 7.11 Å². The summed E-state index contributed by atoms with van der Waals surface area (Å²) in [5.41, 5.74) is 0.802. The molecule has 0 fully saturated rings. The molecule has 0 amide bonds. The Morgan fingerprint density at radius 1 is 1.24 bits per heavy atom. The highest BCUT2D eigenvalue weighted by Crippen LogP contribution is 2.12. The van der Waals surface area contributed by atoms with Crippen LogP contribution in [-0.4, -0.2) is 24.0 Å². The molecule has 4 nitrogen and oxygen atoms in total. The first-order valence-electron chi connectivity index (χ1n) is 4.73. The monoisotopic (exact) mass is 230 g/mol. The zero-order chi connectivity index (χ0) is 12.7. The molecule has 0 bridgehead atoms. The number of allylic oxidation sites excluding steroid dienone is 1. The number of carboxylic acids is 1. The van der Waals surface area contributed by atoms with E-state index in [0.29, 0.717) is 0 Å². The van der Waals surface area contributed by atoms with Gasteiger partial charge in [-0.15, -0.1) is 0 Å². The summed E-state index contributed by atoms with van der Waals surface area (Å²) in [5, 5.41) is 8.24. The van der Waals surface area contributed by atoms with Crippen LogP contribution in [0.4, 0.5) is 0 Å². The highest BCUT2D eigenvalue weighted by Gasteiger charge is 1.93. The van der Waals surface area contributed by atoms with Gasteiger partial charge >= 0.3 is 5.97 Å². The lowest BCUT2D eigenvalue weighted by Gasteiger charge is -1.98. The van der Waals surface area contributed by atoms with Crippen molar-refractivity contribution in [1.82, 2.24) is 0 Å². The number of aliphatic carboxylic acids is 1. The number of hydrogen-bond acceptors (Lipinski definition) is 3. The summed E-state index contributed by atoms with van der Waals surface area (Å²) < 4.78 is 4.98. The molecule has 1 N–H and O–H groups in total. The largest absolute Gasteiger partial charge is 0.497 e. The molecule has 0 saturated heterocycles. The van der Waals surface area contributed by atoms with E-state index in [0.717, 1.165) is 11.3 Å². The summed E-state index contributed by atoms with van der Waals surface area (Å²) in [7, 11) is 1.57. The van der Waals surface area contributed by atoms with E-state index in [4.69, 9.17) is 9.84 Å². The number of ketones is 1. The maximum Gasteiger partial charge on any atom is 0.382 e. The van der Waals surface area contributed by atoms with Crippen molar-refractivity contribution in [3.63, 3.8) is 0 Å². The lowest BCUT2D eigenvalue weighted by Crippen LogP contribution is -1.91. The minimum Gasteiger partial charge on any atom is -0.497 e. The molecule has 1 aromatic carbocycles.